The van der Waals surface area contributed by atoms with E-state index in [1.165, 1.54) is 18.4 Å². The van der Waals surface area contributed by atoms with Crippen molar-refractivity contribution >= 4 is 0 Å². The highest BCUT2D eigenvalue weighted by Gasteiger charge is 2.49. The minimum atomic E-state index is -0.489. The van der Waals surface area contributed by atoms with E-state index in [0.29, 0.717) is 18.6 Å². The topological polar surface area (TPSA) is 45.0 Å². The minimum Gasteiger partial charge on any atom is -0.490 e. The van der Waals surface area contributed by atoms with E-state index in [2.05, 4.69) is 36.5 Å². The predicted octanol–water partition coefficient (Wildman–Crippen LogP) is 3.11. The number of hydrogen-bond acceptors (Lipinski definition) is 3. The largest absolute Gasteiger partial charge is 0.490 e. The van der Waals surface area contributed by atoms with E-state index in [9.17, 15) is 5.26 Å². The number of nitrogens with zero attached hydrogens (tertiary/aromatic N) is 1. The number of rotatable bonds is 6. The van der Waals surface area contributed by atoms with Crippen molar-refractivity contribution in [3.05, 3.63) is 29.3 Å². The molecule has 2 aliphatic rings. The van der Waals surface area contributed by atoms with Gasteiger partial charge in [0.2, 0.25) is 0 Å². The van der Waals surface area contributed by atoms with Gasteiger partial charge in [0, 0.05) is 6.04 Å². The second-order valence-electron chi connectivity index (χ2n) is 6.33. The van der Waals surface area contributed by atoms with Crippen molar-refractivity contribution in [2.24, 2.45) is 5.92 Å². The maximum Gasteiger partial charge on any atom is 0.144 e. The van der Waals surface area contributed by atoms with Crippen molar-refractivity contribution < 1.29 is 4.74 Å². The van der Waals surface area contributed by atoms with Crippen molar-refractivity contribution in [1.82, 2.24) is 5.32 Å². The summed E-state index contributed by atoms with van der Waals surface area (Å²) in [7, 11) is 0. The van der Waals surface area contributed by atoms with Crippen LogP contribution in [0.4, 0.5) is 0 Å². The Kier molecular flexibility index (Phi) is 3.43. The third-order valence-electron chi connectivity index (χ3n) is 4.31. The fraction of sp³-hybridized carbons (Fsp3) is 0.588. The molecule has 1 atom stereocenters. The van der Waals surface area contributed by atoms with Crippen LogP contribution in [0, 0.1) is 31.1 Å². The summed E-state index contributed by atoms with van der Waals surface area (Å²) in [4.78, 5) is 0. The molecule has 3 rings (SSSR count). The van der Waals surface area contributed by atoms with Gasteiger partial charge in [-0.15, -0.1) is 0 Å². The third-order valence-corrected chi connectivity index (χ3v) is 4.31. The van der Waals surface area contributed by atoms with Crippen LogP contribution in [0.3, 0.4) is 0 Å². The average molecular weight is 270 g/mol. The van der Waals surface area contributed by atoms with Gasteiger partial charge in [-0.1, -0.05) is 12.1 Å². The zero-order chi connectivity index (χ0) is 14.2. The lowest BCUT2D eigenvalue weighted by Crippen LogP contribution is -2.52. The summed E-state index contributed by atoms with van der Waals surface area (Å²) < 4.78 is 6.02. The van der Waals surface area contributed by atoms with Gasteiger partial charge in [-0.25, -0.2) is 0 Å². The molecule has 0 aliphatic heterocycles. The molecule has 106 valence electrons. The molecule has 1 aromatic rings. The van der Waals surface area contributed by atoms with Gasteiger partial charge >= 0.3 is 0 Å². The lowest BCUT2D eigenvalue weighted by atomic mass is 9.96. The Morgan fingerprint density at radius 1 is 1.30 bits per heavy atom. The van der Waals surface area contributed by atoms with Crippen LogP contribution < -0.4 is 10.1 Å². The van der Waals surface area contributed by atoms with Crippen LogP contribution in [-0.2, 0) is 0 Å². The fourth-order valence-electron chi connectivity index (χ4n) is 2.66. The van der Waals surface area contributed by atoms with Crippen molar-refractivity contribution in [2.45, 2.75) is 51.1 Å². The molecule has 2 aliphatic carbocycles. The quantitative estimate of drug-likeness (QED) is 0.864. The van der Waals surface area contributed by atoms with Crippen LogP contribution in [-0.4, -0.2) is 18.2 Å². The molecule has 0 aromatic heterocycles. The highest BCUT2D eigenvalue weighted by Crippen LogP contribution is 2.41. The lowest BCUT2D eigenvalue weighted by molar-refractivity contribution is 0.199. The molecule has 2 fully saturated rings. The zero-order valence-electron chi connectivity index (χ0n) is 12.3. The van der Waals surface area contributed by atoms with E-state index in [4.69, 9.17) is 4.74 Å². The first-order chi connectivity index (χ1) is 9.63. The molecule has 0 saturated heterocycles. The standard InChI is InChI=1S/C17H22N2O/c1-12-3-4-13(2)16(9-12)20-11-17(10-18,14-5-6-14)19-15-7-8-15/h3-4,9,14-15,19H,5-8,11H2,1-2H3. The second kappa shape index (κ2) is 5.10. The molecule has 0 heterocycles. The van der Waals surface area contributed by atoms with Gasteiger partial charge in [0.15, 0.2) is 0 Å². The summed E-state index contributed by atoms with van der Waals surface area (Å²) >= 11 is 0. The number of nitriles is 1. The van der Waals surface area contributed by atoms with Gasteiger partial charge in [-0.05, 0) is 62.6 Å². The summed E-state index contributed by atoms with van der Waals surface area (Å²) in [6.07, 6.45) is 4.67. The Balaban J connectivity index is 1.73. The average Bonchev–Trinajstić information content (AvgIpc) is 3.30. The van der Waals surface area contributed by atoms with Gasteiger partial charge in [-0.2, -0.15) is 5.26 Å². The zero-order valence-corrected chi connectivity index (χ0v) is 12.3. The first-order valence-electron chi connectivity index (χ1n) is 7.52. The van der Waals surface area contributed by atoms with E-state index < -0.39 is 5.54 Å². The Bertz CT molecular complexity index is 540. The Labute approximate surface area is 120 Å². The maximum atomic E-state index is 9.67. The maximum absolute atomic E-state index is 9.67. The monoisotopic (exact) mass is 270 g/mol. The van der Waals surface area contributed by atoms with E-state index >= 15 is 0 Å². The molecule has 1 N–H and O–H groups in total. The lowest BCUT2D eigenvalue weighted by Gasteiger charge is -2.28. The molecule has 2 saturated carbocycles. The Hall–Kier alpha value is -1.53. The summed E-state index contributed by atoms with van der Waals surface area (Å²) in [5, 5.41) is 13.2. The SMILES string of the molecule is Cc1ccc(C)c(OCC(C#N)(NC2CC2)C2CC2)c1. The summed E-state index contributed by atoms with van der Waals surface area (Å²) in [5.74, 6) is 1.36. The number of benzene rings is 1. The molecule has 1 unspecified atom stereocenters. The van der Waals surface area contributed by atoms with Crippen molar-refractivity contribution in [1.29, 1.82) is 5.26 Å². The number of ether oxygens (including phenoxy) is 1. The first-order valence-corrected chi connectivity index (χ1v) is 7.52. The first kappa shape index (κ1) is 13.5. The van der Waals surface area contributed by atoms with Crippen LogP contribution >= 0.6 is 0 Å². The normalized spacial score (nSPS) is 21.1. The molecular formula is C17H22N2O. The van der Waals surface area contributed by atoms with Gasteiger partial charge in [0.05, 0.1) is 6.07 Å². The van der Waals surface area contributed by atoms with Gasteiger partial charge in [0.25, 0.3) is 0 Å². The summed E-state index contributed by atoms with van der Waals surface area (Å²) in [5.41, 5.74) is 1.83. The van der Waals surface area contributed by atoms with Crippen molar-refractivity contribution in [3.8, 4) is 11.8 Å². The number of aryl methyl sites for hydroxylation is 2. The van der Waals surface area contributed by atoms with Gasteiger partial charge in [0.1, 0.15) is 17.9 Å². The van der Waals surface area contributed by atoms with Gasteiger partial charge in [-0.3, -0.25) is 5.32 Å². The van der Waals surface area contributed by atoms with Crippen LogP contribution in [0.15, 0.2) is 18.2 Å². The predicted molar refractivity (Wildman–Crippen MR) is 78.6 cm³/mol. The highest BCUT2D eigenvalue weighted by molar-refractivity contribution is 5.36. The molecule has 3 heteroatoms. The number of hydrogen-bond donors (Lipinski definition) is 1. The van der Waals surface area contributed by atoms with Crippen molar-refractivity contribution in [3.63, 3.8) is 0 Å². The number of nitrogens with one attached hydrogen (secondary N) is 1. The fourth-order valence-corrected chi connectivity index (χ4v) is 2.66. The van der Waals surface area contributed by atoms with E-state index in [1.807, 2.05) is 6.92 Å². The Morgan fingerprint density at radius 3 is 2.65 bits per heavy atom. The molecule has 0 spiro atoms. The molecule has 20 heavy (non-hydrogen) atoms. The molecule has 3 nitrogen and oxygen atoms in total. The molecular weight excluding hydrogens is 248 g/mol. The van der Waals surface area contributed by atoms with E-state index in [1.54, 1.807) is 0 Å². The molecule has 0 bridgehead atoms. The van der Waals surface area contributed by atoms with Crippen molar-refractivity contribution in [2.75, 3.05) is 6.61 Å². The van der Waals surface area contributed by atoms with Crippen LogP contribution in [0.5, 0.6) is 5.75 Å². The smallest absolute Gasteiger partial charge is 0.144 e. The third kappa shape index (κ3) is 2.81. The van der Waals surface area contributed by atoms with Crippen LogP contribution in [0.1, 0.15) is 36.8 Å². The molecule has 0 amide bonds. The molecule has 0 radical (unpaired) electrons. The summed E-state index contributed by atoms with van der Waals surface area (Å²) in [6, 6.07) is 9.26. The second-order valence-corrected chi connectivity index (χ2v) is 6.33. The van der Waals surface area contributed by atoms with E-state index in [0.717, 1.165) is 24.2 Å². The van der Waals surface area contributed by atoms with E-state index in [-0.39, 0.29) is 0 Å². The minimum absolute atomic E-state index is 0.453. The van der Waals surface area contributed by atoms with Crippen LogP contribution in [0.2, 0.25) is 0 Å². The summed E-state index contributed by atoms with van der Waals surface area (Å²) in [6.45, 7) is 4.57. The van der Waals surface area contributed by atoms with Gasteiger partial charge < -0.3 is 4.74 Å². The highest BCUT2D eigenvalue weighted by atomic mass is 16.5. The van der Waals surface area contributed by atoms with Crippen LogP contribution in [0.25, 0.3) is 0 Å². The Morgan fingerprint density at radius 2 is 2.05 bits per heavy atom. The molecule has 1 aromatic carbocycles.